The zero-order chi connectivity index (χ0) is 14.4. The van der Waals surface area contributed by atoms with Crippen molar-refractivity contribution >= 4 is 23.6 Å². The van der Waals surface area contributed by atoms with Gasteiger partial charge in [-0.25, -0.2) is 0 Å². The van der Waals surface area contributed by atoms with Crippen LogP contribution in [-0.2, 0) is 9.59 Å². The lowest BCUT2D eigenvalue weighted by molar-refractivity contribution is -0.145. The molecule has 0 radical (unpaired) electrons. The Labute approximate surface area is 122 Å². The summed E-state index contributed by atoms with van der Waals surface area (Å²) in [7, 11) is 0. The molecular weight excluding hydrogens is 276 g/mol. The average molecular weight is 294 g/mol. The van der Waals surface area contributed by atoms with E-state index in [-0.39, 0.29) is 24.2 Å². The number of carbonyl (C=O) groups is 2. The van der Waals surface area contributed by atoms with E-state index in [4.69, 9.17) is 5.11 Å². The minimum Gasteiger partial charge on any atom is -0.480 e. The van der Waals surface area contributed by atoms with Crippen LogP contribution in [0.3, 0.4) is 0 Å². The summed E-state index contributed by atoms with van der Waals surface area (Å²) < 4.78 is 0. The summed E-state index contributed by atoms with van der Waals surface area (Å²) in [6.45, 7) is -0.194. The number of amides is 1. The number of thioether (sulfide) groups is 1. The molecule has 0 unspecified atom stereocenters. The lowest BCUT2D eigenvalue weighted by Gasteiger charge is -2.27. The third-order valence-electron chi connectivity index (χ3n) is 3.40. The van der Waals surface area contributed by atoms with E-state index < -0.39 is 5.97 Å². The topological polar surface area (TPSA) is 70.5 Å². The van der Waals surface area contributed by atoms with Gasteiger partial charge in [-0.05, 0) is 25.0 Å². The van der Waals surface area contributed by atoms with E-state index in [1.54, 1.807) is 12.4 Å². The van der Waals surface area contributed by atoms with Gasteiger partial charge in [-0.3, -0.25) is 14.6 Å². The highest BCUT2D eigenvalue weighted by Crippen LogP contribution is 2.25. The summed E-state index contributed by atoms with van der Waals surface area (Å²) in [6.07, 6.45) is 7.34. The molecular formula is C14H18N2O3S. The maximum Gasteiger partial charge on any atom is 0.323 e. The fourth-order valence-electron chi connectivity index (χ4n) is 2.45. The molecule has 1 fully saturated rings. The number of hydrogen-bond donors (Lipinski definition) is 1. The molecule has 0 spiro atoms. The predicted octanol–water partition coefficient (Wildman–Crippen LogP) is 2.03. The lowest BCUT2D eigenvalue weighted by atomic mass is 10.2. The van der Waals surface area contributed by atoms with Crippen LogP contribution in [-0.4, -0.2) is 45.2 Å². The third-order valence-corrected chi connectivity index (χ3v) is 4.40. The molecule has 2 rings (SSSR count). The van der Waals surface area contributed by atoms with E-state index in [0.29, 0.717) is 0 Å². The number of carboxylic acid groups (broad SMARTS) is 1. The van der Waals surface area contributed by atoms with Crippen LogP contribution in [0.1, 0.15) is 25.7 Å². The number of rotatable bonds is 6. The first-order chi connectivity index (χ1) is 9.66. The zero-order valence-electron chi connectivity index (χ0n) is 11.2. The van der Waals surface area contributed by atoms with Crippen molar-refractivity contribution in [2.24, 2.45) is 0 Å². The molecule has 20 heavy (non-hydrogen) atoms. The van der Waals surface area contributed by atoms with Crippen LogP contribution in [0, 0.1) is 0 Å². The Morgan fingerprint density at radius 3 is 2.55 bits per heavy atom. The van der Waals surface area contributed by atoms with Gasteiger partial charge in [-0.15, -0.1) is 11.8 Å². The molecule has 1 saturated carbocycles. The molecule has 1 aliphatic carbocycles. The molecule has 6 heteroatoms. The predicted molar refractivity (Wildman–Crippen MR) is 76.6 cm³/mol. The minimum absolute atomic E-state index is 0.0941. The second-order valence-electron chi connectivity index (χ2n) is 4.83. The van der Waals surface area contributed by atoms with Crippen LogP contribution in [0.4, 0.5) is 0 Å². The quantitative estimate of drug-likeness (QED) is 0.813. The van der Waals surface area contributed by atoms with E-state index in [9.17, 15) is 9.59 Å². The summed E-state index contributed by atoms with van der Waals surface area (Å²) >= 11 is 1.42. The Morgan fingerprint density at radius 2 is 1.95 bits per heavy atom. The van der Waals surface area contributed by atoms with Gasteiger partial charge in [0.1, 0.15) is 6.54 Å². The highest BCUT2D eigenvalue weighted by Gasteiger charge is 2.28. The molecule has 1 amide bonds. The Hall–Kier alpha value is -1.56. The second kappa shape index (κ2) is 7.28. The van der Waals surface area contributed by atoms with Gasteiger partial charge < -0.3 is 10.0 Å². The number of nitrogens with zero attached hydrogens (tertiary/aromatic N) is 2. The smallest absolute Gasteiger partial charge is 0.323 e. The normalized spacial score (nSPS) is 15.2. The van der Waals surface area contributed by atoms with Crippen LogP contribution < -0.4 is 0 Å². The van der Waals surface area contributed by atoms with Crippen LogP contribution in [0.15, 0.2) is 29.4 Å². The molecule has 0 bridgehead atoms. The summed E-state index contributed by atoms with van der Waals surface area (Å²) in [4.78, 5) is 29.6. The third kappa shape index (κ3) is 4.23. The number of carbonyl (C=O) groups excluding carboxylic acids is 1. The van der Waals surface area contributed by atoms with Gasteiger partial charge in [0.2, 0.25) is 5.91 Å². The van der Waals surface area contributed by atoms with Crippen molar-refractivity contribution in [3.05, 3.63) is 24.5 Å². The van der Waals surface area contributed by atoms with Crippen molar-refractivity contribution in [1.29, 1.82) is 0 Å². The van der Waals surface area contributed by atoms with Gasteiger partial charge in [-0.2, -0.15) is 0 Å². The fourth-order valence-corrected chi connectivity index (χ4v) is 3.22. The molecule has 0 aliphatic heterocycles. The van der Waals surface area contributed by atoms with Crippen molar-refractivity contribution < 1.29 is 14.7 Å². The van der Waals surface area contributed by atoms with E-state index in [0.717, 1.165) is 30.6 Å². The fraction of sp³-hybridized carbons (Fsp3) is 0.500. The number of pyridine rings is 1. The first-order valence-corrected chi connectivity index (χ1v) is 7.69. The average Bonchev–Trinajstić information content (AvgIpc) is 2.97. The van der Waals surface area contributed by atoms with Gasteiger partial charge in [0, 0.05) is 23.3 Å². The Balaban J connectivity index is 1.93. The molecule has 1 aliphatic rings. The van der Waals surface area contributed by atoms with Crippen molar-refractivity contribution in [2.75, 3.05) is 12.3 Å². The van der Waals surface area contributed by atoms with Gasteiger partial charge in [0.15, 0.2) is 0 Å². The van der Waals surface area contributed by atoms with E-state index >= 15 is 0 Å². The van der Waals surface area contributed by atoms with Crippen molar-refractivity contribution in [2.45, 2.75) is 36.6 Å². The van der Waals surface area contributed by atoms with Gasteiger partial charge >= 0.3 is 5.97 Å². The maximum atomic E-state index is 12.3. The number of aromatic nitrogens is 1. The molecule has 5 nitrogen and oxygen atoms in total. The number of aliphatic carboxylic acids is 1. The van der Waals surface area contributed by atoms with Crippen molar-refractivity contribution in [3.8, 4) is 0 Å². The molecule has 108 valence electrons. The van der Waals surface area contributed by atoms with Gasteiger partial charge in [-0.1, -0.05) is 12.8 Å². The Morgan fingerprint density at radius 1 is 1.30 bits per heavy atom. The zero-order valence-corrected chi connectivity index (χ0v) is 12.0. The molecule has 0 aromatic carbocycles. The lowest BCUT2D eigenvalue weighted by Crippen LogP contribution is -2.43. The molecule has 1 N–H and O–H groups in total. The summed E-state index contributed by atoms with van der Waals surface area (Å²) in [5.41, 5.74) is 0. The summed E-state index contributed by atoms with van der Waals surface area (Å²) in [5.74, 6) is -0.770. The number of hydrogen-bond acceptors (Lipinski definition) is 4. The van der Waals surface area contributed by atoms with E-state index in [1.807, 2.05) is 12.1 Å². The minimum atomic E-state index is -0.945. The van der Waals surface area contributed by atoms with Crippen LogP contribution in [0.25, 0.3) is 0 Å². The second-order valence-corrected chi connectivity index (χ2v) is 5.87. The molecule has 1 heterocycles. The SMILES string of the molecule is O=C(O)CN(C(=O)CSc1ccncc1)C1CCCC1. The van der Waals surface area contributed by atoms with E-state index in [2.05, 4.69) is 4.98 Å². The first kappa shape index (κ1) is 14.8. The summed E-state index contributed by atoms with van der Waals surface area (Å²) in [6, 6.07) is 3.78. The van der Waals surface area contributed by atoms with Crippen molar-refractivity contribution in [3.63, 3.8) is 0 Å². The molecule has 0 saturated heterocycles. The van der Waals surface area contributed by atoms with Crippen molar-refractivity contribution in [1.82, 2.24) is 9.88 Å². The van der Waals surface area contributed by atoms with Gasteiger partial charge in [0.25, 0.3) is 0 Å². The molecule has 1 aromatic rings. The number of carboxylic acids is 1. The van der Waals surface area contributed by atoms with Crippen LogP contribution in [0.5, 0.6) is 0 Å². The maximum absolute atomic E-state index is 12.3. The highest BCUT2D eigenvalue weighted by molar-refractivity contribution is 8.00. The monoisotopic (exact) mass is 294 g/mol. The Kier molecular flexibility index (Phi) is 5.40. The van der Waals surface area contributed by atoms with Crippen LogP contribution in [0.2, 0.25) is 0 Å². The van der Waals surface area contributed by atoms with Gasteiger partial charge in [0.05, 0.1) is 5.75 Å². The largest absolute Gasteiger partial charge is 0.480 e. The molecule has 1 aromatic heterocycles. The van der Waals surface area contributed by atoms with Crippen LogP contribution >= 0.6 is 11.8 Å². The standard InChI is InChI=1S/C14H18N2O3S/c17-13(10-20-12-5-7-15-8-6-12)16(9-14(18)19)11-3-1-2-4-11/h5-8,11H,1-4,9-10H2,(H,18,19). The van der Waals surface area contributed by atoms with E-state index in [1.165, 1.54) is 16.7 Å². The Bertz CT molecular complexity index is 461. The first-order valence-electron chi connectivity index (χ1n) is 6.71. The highest BCUT2D eigenvalue weighted by atomic mass is 32.2. The summed E-state index contributed by atoms with van der Waals surface area (Å²) in [5, 5.41) is 8.97. The molecule has 0 atom stereocenters.